The Bertz CT molecular complexity index is 755. The number of halogens is 2. The smallest absolute Gasteiger partial charge is 0.282 e. The van der Waals surface area contributed by atoms with Crippen molar-refractivity contribution in [1.82, 2.24) is 15.1 Å². The number of rotatable bonds is 8. The van der Waals surface area contributed by atoms with Crippen LogP contribution in [-0.4, -0.2) is 15.7 Å². The predicted octanol–water partition coefficient (Wildman–Crippen LogP) is 5.47. The summed E-state index contributed by atoms with van der Waals surface area (Å²) in [4.78, 5) is 12.7. The van der Waals surface area contributed by atoms with Gasteiger partial charge in [-0.2, -0.15) is 5.10 Å². The number of hydrogen-bond donors (Lipinski definition) is 1. The number of alkyl halides is 2. The summed E-state index contributed by atoms with van der Waals surface area (Å²) >= 11 is 0. The zero-order valence-corrected chi connectivity index (χ0v) is 16.7. The van der Waals surface area contributed by atoms with Crippen molar-refractivity contribution in [3.63, 3.8) is 0 Å². The third kappa shape index (κ3) is 4.93. The average Bonchev–Trinajstić information content (AvgIpc) is 3.06. The summed E-state index contributed by atoms with van der Waals surface area (Å²) in [7, 11) is 0. The second-order valence-electron chi connectivity index (χ2n) is 7.08. The van der Waals surface area contributed by atoms with Gasteiger partial charge in [-0.25, -0.2) is 8.78 Å². The van der Waals surface area contributed by atoms with E-state index in [0.29, 0.717) is 11.6 Å². The van der Waals surface area contributed by atoms with Crippen molar-refractivity contribution in [3.05, 3.63) is 52.8 Å². The second-order valence-corrected chi connectivity index (χ2v) is 7.08. The van der Waals surface area contributed by atoms with E-state index >= 15 is 0 Å². The van der Waals surface area contributed by atoms with Crippen LogP contribution in [0.25, 0.3) is 0 Å². The van der Waals surface area contributed by atoms with Gasteiger partial charge in [0.1, 0.15) is 11.7 Å². The first-order chi connectivity index (χ1) is 12.8. The van der Waals surface area contributed by atoms with E-state index < -0.39 is 12.5 Å². The van der Waals surface area contributed by atoms with E-state index in [1.54, 1.807) is 13.8 Å². The fourth-order valence-corrected chi connectivity index (χ4v) is 3.13. The minimum atomic E-state index is -2.65. The topological polar surface area (TPSA) is 46.9 Å². The summed E-state index contributed by atoms with van der Waals surface area (Å²) in [5.74, 6) is 0.264. The molecular weight excluding hydrogens is 348 g/mol. The highest BCUT2D eigenvalue weighted by molar-refractivity contribution is 5.80. The molecular formula is C21H29F2N3O. The number of hydrogen-bond acceptors (Lipinski definition) is 2. The molecule has 0 bridgehead atoms. The van der Waals surface area contributed by atoms with Crippen molar-refractivity contribution in [1.29, 1.82) is 0 Å². The molecule has 1 aromatic carbocycles. The number of carbonyl (C=O) groups is 1. The molecule has 1 N–H and O–H groups in total. The zero-order chi connectivity index (χ0) is 20.1. The third-order valence-electron chi connectivity index (χ3n) is 5.16. The van der Waals surface area contributed by atoms with Gasteiger partial charge in [0, 0.05) is 5.69 Å². The molecule has 27 heavy (non-hydrogen) atoms. The fraction of sp³-hybridized carbons (Fsp3) is 0.524. The zero-order valence-electron chi connectivity index (χ0n) is 16.7. The van der Waals surface area contributed by atoms with E-state index in [1.807, 2.05) is 6.92 Å². The first-order valence-electron chi connectivity index (χ1n) is 9.52. The SMILES string of the molecule is CCC(C)c1ccc(C(CC)NC(=O)C(C)n2nc(C(F)F)cc2C)cc1. The summed E-state index contributed by atoms with van der Waals surface area (Å²) in [6.45, 7) is 9.70. The molecule has 0 saturated carbocycles. The quantitative estimate of drug-likeness (QED) is 0.663. The van der Waals surface area contributed by atoms with Gasteiger partial charge in [0.05, 0.1) is 6.04 Å². The number of benzene rings is 1. The van der Waals surface area contributed by atoms with E-state index in [2.05, 4.69) is 48.5 Å². The largest absolute Gasteiger partial charge is 0.347 e. The highest BCUT2D eigenvalue weighted by atomic mass is 19.3. The molecule has 2 rings (SSSR count). The highest BCUT2D eigenvalue weighted by Crippen LogP contribution is 2.24. The van der Waals surface area contributed by atoms with Gasteiger partial charge in [0.25, 0.3) is 6.43 Å². The molecule has 3 atom stereocenters. The van der Waals surface area contributed by atoms with E-state index in [0.717, 1.165) is 18.4 Å². The Morgan fingerprint density at radius 3 is 2.19 bits per heavy atom. The maximum Gasteiger partial charge on any atom is 0.282 e. The average molecular weight is 377 g/mol. The van der Waals surface area contributed by atoms with Gasteiger partial charge >= 0.3 is 0 Å². The minimum absolute atomic E-state index is 0.128. The lowest BCUT2D eigenvalue weighted by atomic mass is 9.95. The maximum atomic E-state index is 12.8. The van der Waals surface area contributed by atoms with Crippen LogP contribution < -0.4 is 5.32 Å². The van der Waals surface area contributed by atoms with Gasteiger partial charge in [-0.1, -0.05) is 45.0 Å². The van der Waals surface area contributed by atoms with Crippen LogP contribution in [0.15, 0.2) is 30.3 Å². The Morgan fingerprint density at radius 1 is 1.11 bits per heavy atom. The van der Waals surface area contributed by atoms with Crippen LogP contribution in [0.2, 0.25) is 0 Å². The van der Waals surface area contributed by atoms with Crippen LogP contribution >= 0.6 is 0 Å². The van der Waals surface area contributed by atoms with E-state index in [-0.39, 0.29) is 17.6 Å². The number of carbonyl (C=O) groups excluding carboxylic acids is 1. The normalized spacial score (nSPS) is 14.8. The molecule has 0 aliphatic heterocycles. The molecule has 0 radical (unpaired) electrons. The van der Waals surface area contributed by atoms with Crippen LogP contribution in [0.5, 0.6) is 0 Å². The van der Waals surface area contributed by atoms with Crippen LogP contribution in [0.1, 0.15) is 87.5 Å². The predicted molar refractivity (Wildman–Crippen MR) is 103 cm³/mol. The molecule has 4 nitrogen and oxygen atoms in total. The van der Waals surface area contributed by atoms with E-state index in [9.17, 15) is 13.6 Å². The van der Waals surface area contributed by atoms with Gasteiger partial charge in [0.2, 0.25) is 5.91 Å². The summed E-state index contributed by atoms with van der Waals surface area (Å²) < 4.78 is 27.1. The number of aryl methyl sites for hydroxylation is 1. The van der Waals surface area contributed by atoms with Crippen molar-refractivity contribution in [2.45, 2.75) is 71.9 Å². The molecule has 0 aliphatic carbocycles. The number of aromatic nitrogens is 2. The molecule has 0 fully saturated rings. The molecule has 0 spiro atoms. The Morgan fingerprint density at radius 2 is 1.70 bits per heavy atom. The van der Waals surface area contributed by atoms with Crippen molar-refractivity contribution >= 4 is 5.91 Å². The van der Waals surface area contributed by atoms with Gasteiger partial charge in [-0.05, 0) is 49.8 Å². The first kappa shape index (κ1) is 21.1. The first-order valence-corrected chi connectivity index (χ1v) is 9.52. The third-order valence-corrected chi connectivity index (χ3v) is 5.16. The highest BCUT2D eigenvalue weighted by Gasteiger charge is 2.23. The molecule has 1 heterocycles. The lowest BCUT2D eigenvalue weighted by molar-refractivity contribution is -0.125. The van der Waals surface area contributed by atoms with E-state index in [4.69, 9.17) is 0 Å². The maximum absolute atomic E-state index is 12.8. The van der Waals surface area contributed by atoms with Gasteiger partial charge in [-0.15, -0.1) is 0 Å². The fourth-order valence-electron chi connectivity index (χ4n) is 3.13. The minimum Gasteiger partial charge on any atom is -0.347 e. The number of amides is 1. The van der Waals surface area contributed by atoms with Gasteiger partial charge in [0.15, 0.2) is 0 Å². The monoisotopic (exact) mass is 377 g/mol. The van der Waals surface area contributed by atoms with Crippen molar-refractivity contribution in [2.75, 3.05) is 0 Å². The lowest BCUT2D eigenvalue weighted by Crippen LogP contribution is -2.34. The van der Waals surface area contributed by atoms with Crippen molar-refractivity contribution in [2.24, 2.45) is 0 Å². The molecule has 3 unspecified atom stereocenters. The molecule has 0 aliphatic rings. The Balaban J connectivity index is 2.12. The molecule has 1 aromatic heterocycles. The van der Waals surface area contributed by atoms with Crippen LogP contribution in [0.4, 0.5) is 8.78 Å². The summed E-state index contributed by atoms with van der Waals surface area (Å²) in [6.07, 6.45) is -0.830. The molecule has 148 valence electrons. The molecule has 1 amide bonds. The van der Waals surface area contributed by atoms with Crippen molar-refractivity contribution < 1.29 is 13.6 Å². The lowest BCUT2D eigenvalue weighted by Gasteiger charge is -2.22. The van der Waals surface area contributed by atoms with Crippen LogP contribution in [0.3, 0.4) is 0 Å². The van der Waals surface area contributed by atoms with E-state index in [1.165, 1.54) is 16.3 Å². The molecule has 6 heteroatoms. The number of nitrogens with zero attached hydrogens (tertiary/aromatic N) is 2. The van der Waals surface area contributed by atoms with Crippen molar-refractivity contribution in [3.8, 4) is 0 Å². The molecule has 2 aromatic rings. The Kier molecular flexibility index (Phi) is 7.11. The standard InChI is InChI=1S/C21H29F2N3O/c1-6-13(3)16-8-10-17(11-9-16)18(7-2)24-21(27)15(5)26-14(4)12-19(25-26)20(22)23/h8-13,15,18,20H,6-7H2,1-5H3,(H,24,27). The van der Waals surface area contributed by atoms with Gasteiger partial charge < -0.3 is 5.32 Å². The Hall–Kier alpha value is -2.24. The second kappa shape index (κ2) is 9.11. The Labute approximate surface area is 160 Å². The summed E-state index contributed by atoms with van der Waals surface area (Å²) in [6, 6.07) is 8.84. The summed E-state index contributed by atoms with van der Waals surface area (Å²) in [5.41, 5.74) is 2.55. The number of nitrogens with one attached hydrogen (secondary N) is 1. The van der Waals surface area contributed by atoms with Gasteiger partial charge in [-0.3, -0.25) is 9.48 Å². The molecule has 0 saturated heterocycles. The van der Waals surface area contributed by atoms with Crippen LogP contribution in [0, 0.1) is 6.92 Å². The van der Waals surface area contributed by atoms with Crippen LogP contribution in [-0.2, 0) is 4.79 Å². The summed E-state index contributed by atoms with van der Waals surface area (Å²) in [5, 5.41) is 6.90.